The van der Waals surface area contributed by atoms with Gasteiger partial charge in [0.1, 0.15) is 6.04 Å². The molecular weight excluding hydrogens is 380 g/mol. The van der Waals surface area contributed by atoms with Gasteiger partial charge in [0, 0.05) is 24.7 Å². The minimum Gasteiger partial charge on any atom is -0.344 e. The van der Waals surface area contributed by atoms with E-state index in [2.05, 4.69) is 16.0 Å². The molecular formula is C23H34N4O3. The van der Waals surface area contributed by atoms with Gasteiger partial charge in [0.15, 0.2) is 0 Å². The molecule has 0 spiro atoms. The van der Waals surface area contributed by atoms with E-state index in [0.717, 1.165) is 30.6 Å². The lowest BCUT2D eigenvalue weighted by atomic mass is 9.94. The van der Waals surface area contributed by atoms with Crippen molar-refractivity contribution in [3.8, 4) is 0 Å². The first kappa shape index (κ1) is 22.3. The van der Waals surface area contributed by atoms with Crippen molar-refractivity contribution in [3.05, 3.63) is 29.8 Å². The summed E-state index contributed by atoms with van der Waals surface area (Å²) >= 11 is 0. The highest BCUT2D eigenvalue weighted by atomic mass is 16.2. The first-order valence-corrected chi connectivity index (χ1v) is 11.0. The Morgan fingerprint density at radius 1 is 1.07 bits per heavy atom. The number of amides is 3. The van der Waals surface area contributed by atoms with Crippen molar-refractivity contribution >= 4 is 23.4 Å². The predicted molar refractivity (Wildman–Crippen MR) is 117 cm³/mol. The summed E-state index contributed by atoms with van der Waals surface area (Å²) in [5.41, 5.74) is 1.84. The Hall–Kier alpha value is -2.41. The Morgan fingerprint density at radius 3 is 2.30 bits per heavy atom. The zero-order valence-corrected chi connectivity index (χ0v) is 18.2. The lowest BCUT2D eigenvalue weighted by molar-refractivity contribution is -0.137. The van der Waals surface area contributed by atoms with Crippen LogP contribution in [0.5, 0.6) is 0 Å². The maximum Gasteiger partial charge on any atom is 0.247 e. The summed E-state index contributed by atoms with van der Waals surface area (Å²) in [6.45, 7) is 7.93. The summed E-state index contributed by atoms with van der Waals surface area (Å²) in [5.74, 6) is -0.349. The lowest BCUT2D eigenvalue weighted by Gasteiger charge is -2.34. The van der Waals surface area contributed by atoms with Gasteiger partial charge in [-0.3, -0.25) is 14.4 Å². The minimum absolute atomic E-state index is 0.0329. The molecule has 0 aromatic heterocycles. The van der Waals surface area contributed by atoms with Crippen molar-refractivity contribution in [2.24, 2.45) is 11.8 Å². The van der Waals surface area contributed by atoms with E-state index < -0.39 is 6.04 Å². The summed E-state index contributed by atoms with van der Waals surface area (Å²) < 4.78 is 0. The van der Waals surface area contributed by atoms with Gasteiger partial charge in [0.2, 0.25) is 17.7 Å². The van der Waals surface area contributed by atoms with Crippen LogP contribution in [-0.4, -0.2) is 54.3 Å². The van der Waals surface area contributed by atoms with Crippen molar-refractivity contribution in [2.75, 3.05) is 25.0 Å². The lowest BCUT2D eigenvalue weighted by Crippen LogP contribution is -2.52. The molecule has 2 saturated heterocycles. The van der Waals surface area contributed by atoms with Crippen molar-refractivity contribution in [3.63, 3.8) is 0 Å². The Morgan fingerprint density at radius 2 is 1.73 bits per heavy atom. The van der Waals surface area contributed by atoms with Crippen LogP contribution in [0.3, 0.4) is 0 Å². The quantitative estimate of drug-likeness (QED) is 0.665. The second-order valence-electron chi connectivity index (χ2n) is 8.83. The smallest absolute Gasteiger partial charge is 0.247 e. The van der Waals surface area contributed by atoms with E-state index in [-0.39, 0.29) is 35.6 Å². The zero-order chi connectivity index (χ0) is 21.7. The fourth-order valence-corrected chi connectivity index (χ4v) is 4.14. The Balaban J connectivity index is 1.52. The number of nitrogens with one attached hydrogen (secondary N) is 3. The summed E-state index contributed by atoms with van der Waals surface area (Å²) in [6.07, 6.45) is 3.20. The summed E-state index contributed by atoms with van der Waals surface area (Å²) in [6, 6.07) is 6.94. The van der Waals surface area contributed by atoms with Crippen LogP contribution in [0.4, 0.5) is 5.69 Å². The normalized spacial score (nSPS) is 20.8. The van der Waals surface area contributed by atoms with Crippen LogP contribution in [0.25, 0.3) is 0 Å². The van der Waals surface area contributed by atoms with Crippen LogP contribution in [0.15, 0.2) is 24.3 Å². The van der Waals surface area contributed by atoms with Gasteiger partial charge in [-0.2, -0.15) is 0 Å². The molecule has 3 amide bonds. The van der Waals surface area contributed by atoms with Gasteiger partial charge in [-0.05, 0) is 57.2 Å². The second-order valence-corrected chi connectivity index (χ2v) is 8.83. The maximum atomic E-state index is 12.8. The molecule has 0 unspecified atom stereocenters. The molecule has 2 fully saturated rings. The number of carbonyl (C=O) groups excluding carboxylic acids is 3. The second kappa shape index (κ2) is 10.1. The van der Waals surface area contributed by atoms with Crippen LogP contribution in [0, 0.1) is 18.8 Å². The van der Waals surface area contributed by atoms with Crippen molar-refractivity contribution in [2.45, 2.75) is 58.5 Å². The van der Waals surface area contributed by atoms with Crippen LogP contribution in [-0.2, 0) is 14.4 Å². The van der Waals surface area contributed by atoms with E-state index in [1.165, 1.54) is 0 Å². The molecule has 164 valence electrons. The molecule has 0 radical (unpaired) electrons. The van der Waals surface area contributed by atoms with Crippen molar-refractivity contribution in [1.29, 1.82) is 0 Å². The molecule has 3 N–H and O–H groups in total. The average Bonchev–Trinajstić information content (AvgIpc) is 3.27. The van der Waals surface area contributed by atoms with Gasteiger partial charge in [-0.25, -0.2) is 0 Å². The molecule has 2 heterocycles. The molecule has 1 aromatic carbocycles. The highest BCUT2D eigenvalue weighted by molar-refractivity contribution is 5.97. The van der Waals surface area contributed by atoms with Gasteiger partial charge in [0.25, 0.3) is 0 Å². The van der Waals surface area contributed by atoms with Gasteiger partial charge >= 0.3 is 0 Å². The summed E-state index contributed by atoms with van der Waals surface area (Å²) in [5, 5.41) is 9.10. The van der Waals surface area contributed by atoms with E-state index in [4.69, 9.17) is 0 Å². The Labute approximate surface area is 179 Å². The molecule has 0 bridgehead atoms. The standard InChI is InChI=1S/C23H34N4O3/c1-15(2)20(22(29)25-18-8-6-16(3)7-9-18)26-21(28)17-10-13-27(14-11-17)23(30)19-5-4-12-24-19/h6-9,15,17,19-20,24H,4-5,10-14H2,1-3H3,(H,25,29)(H,26,28)/t19-,20-/m0/s1. The first-order chi connectivity index (χ1) is 14.3. The molecule has 3 rings (SSSR count). The number of rotatable bonds is 6. The molecule has 2 aliphatic heterocycles. The first-order valence-electron chi connectivity index (χ1n) is 11.0. The van der Waals surface area contributed by atoms with E-state index in [1.54, 1.807) is 0 Å². The molecule has 30 heavy (non-hydrogen) atoms. The van der Waals surface area contributed by atoms with E-state index in [1.807, 2.05) is 49.9 Å². The summed E-state index contributed by atoms with van der Waals surface area (Å²) in [7, 11) is 0. The largest absolute Gasteiger partial charge is 0.344 e. The highest BCUT2D eigenvalue weighted by Gasteiger charge is 2.33. The summed E-state index contributed by atoms with van der Waals surface area (Å²) in [4.78, 5) is 40.0. The molecule has 2 aliphatic rings. The minimum atomic E-state index is -0.596. The number of nitrogens with zero attached hydrogens (tertiary/aromatic N) is 1. The molecule has 2 atom stereocenters. The Kier molecular flexibility index (Phi) is 7.48. The van der Waals surface area contributed by atoms with E-state index in [9.17, 15) is 14.4 Å². The molecule has 7 nitrogen and oxygen atoms in total. The number of carbonyl (C=O) groups is 3. The number of likely N-dealkylation sites (tertiary alicyclic amines) is 1. The number of hydrogen-bond acceptors (Lipinski definition) is 4. The fraction of sp³-hybridized carbons (Fsp3) is 0.609. The SMILES string of the molecule is Cc1ccc(NC(=O)[C@@H](NC(=O)C2CCN(C(=O)[C@@H]3CCCN3)CC2)C(C)C)cc1. The number of aryl methyl sites for hydroxylation is 1. The van der Waals surface area contributed by atoms with Crippen LogP contribution in [0.2, 0.25) is 0 Å². The fourth-order valence-electron chi connectivity index (χ4n) is 4.14. The molecule has 7 heteroatoms. The average molecular weight is 415 g/mol. The third-order valence-electron chi connectivity index (χ3n) is 6.10. The van der Waals surface area contributed by atoms with Gasteiger partial charge in [-0.15, -0.1) is 0 Å². The highest BCUT2D eigenvalue weighted by Crippen LogP contribution is 2.20. The maximum absolute atomic E-state index is 12.8. The number of hydrogen-bond donors (Lipinski definition) is 3. The predicted octanol–water partition coefficient (Wildman–Crippen LogP) is 2.06. The number of benzene rings is 1. The van der Waals surface area contributed by atoms with Gasteiger partial charge in [0.05, 0.1) is 6.04 Å². The third kappa shape index (κ3) is 5.59. The zero-order valence-electron chi connectivity index (χ0n) is 18.2. The number of piperidine rings is 1. The van der Waals surface area contributed by atoms with E-state index in [0.29, 0.717) is 25.9 Å². The molecule has 0 saturated carbocycles. The Bertz CT molecular complexity index is 748. The molecule has 0 aliphatic carbocycles. The topological polar surface area (TPSA) is 90.5 Å². The van der Waals surface area contributed by atoms with Gasteiger partial charge in [-0.1, -0.05) is 31.5 Å². The van der Waals surface area contributed by atoms with Crippen LogP contribution in [0.1, 0.15) is 45.1 Å². The van der Waals surface area contributed by atoms with Crippen LogP contribution < -0.4 is 16.0 Å². The molecule has 1 aromatic rings. The van der Waals surface area contributed by atoms with E-state index >= 15 is 0 Å². The van der Waals surface area contributed by atoms with Crippen molar-refractivity contribution < 1.29 is 14.4 Å². The number of anilines is 1. The van der Waals surface area contributed by atoms with Gasteiger partial charge < -0.3 is 20.9 Å². The monoisotopic (exact) mass is 414 g/mol. The van der Waals surface area contributed by atoms with Crippen molar-refractivity contribution in [1.82, 2.24) is 15.5 Å². The third-order valence-corrected chi connectivity index (χ3v) is 6.10. The van der Waals surface area contributed by atoms with Crippen LogP contribution >= 0.6 is 0 Å².